The van der Waals surface area contributed by atoms with Crippen molar-refractivity contribution in [1.29, 1.82) is 0 Å². The summed E-state index contributed by atoms with van der Waals surface area (Å²) in [6.07, 6.45) is 3.97. The number of hydrogen-bond donors (Lipinski definition) is 0. The monoisotopic (exact) mass is 217 g/mol. The number of nitrogens with zero attached hydrogens (tertiary/aromatic N) is 1. The van der Waals surface area contributed by atoms with E-state index in [4.69, 9.17) is 9.05 Å². The van der Waals surface area contributed by atoms with E-state index >= 15 is 0 Å². The van der Waals surface area contributed by atoms with Gasteiger partial charge in [-0.3, -0.25) is 0 Å². The van der Waals surface area contributed by atoms with Crippen LogP contribution in [0.3, 0.4) is 0 Å². The highest BCUT2D eigenvalue weighted by Crippen LogP contribution is 2.49. The molecule has 2 saturated heterocycles. The van der Waals surface area contributed by atoms with Gasteiger partial charge < -0.3 is 9.05 Å². The predicted molar refractivity (Wildman–Crippen MR) is 58.0 cm³/mol. The molecule has 3 nitrogen and oxygen atoms in total. The summed E-state index contributed by atoms with van der Waals surface area (Å²) in [6, 6.07) is 0. The molecule has 0 aromatic carbocycles. The molecule has 0 amide bonds. The van der Waals surface area contributed by atoms with Gasteiger partial charge in [0.05, 0.1) is 13.2 Å². The maximum atomic E-state index is 5.80. The lowest BCUT2D eigenvalue weighted by Crippen LogP contribution is -2.34. The predicted octanol–water partition coefficient (Wildman–Crippen LogP) is 2.77. The molecule has 82 valence electrons. The Kier molecular flexibility index (Phi) is 3.43. The molecule has 0 saturated carbocycles. The molecule has 2 aliphatic rings. The van der Waals surface area contributed by atoms with Crippen LogP contribution in [-0.2, 0) is 9.05 Å². The Morgan fingerprint density at radius 1 is 1.00 bits per heavy atom. The van der Waals surface area contributed by atoms with Gasteiger partial charge in [-0.05, 0) is 12.8 Å². The molecule has 0 atom stereocenters. The fourth-order valence-electron chi connectivity index (χ4n) is 1.74. The van der Waals surface area contributed by atoms with Crippen LogP contribution >= 0.6 is 8.53 Å². The summed E-state index contributed by atoms with van der Waals surface area (Å²) in [4.78, 5) is 0. The van der Waals surface area contributed by atoms with Crippen molar-refractivity contribution in [2.24, 2.45) is 5.41 Å². The molecule has 0 aromatic heterocycles. The highest BCUT2D eigenvalue weighted by molar-refractivity contribution is 7.44. The number of hydrogen-bond acceptors (Lipinski definition) is 3. The van der Waals surface area contributed by atoms with Crippen molar-refractivity contribution in [2.45, 2.75) is 33.1 Å². The maximum absolute atomic E-state index is 5.80. The Labute approximate surface area is 87.7 Å². The molecular formula is C10H20NO2P. The van der Waals surface area contributed by atoms with E-state index in [9.17, 15) is 0 Å². The van der Waals surface area contributed by atoms with Gasteiger partial charge in [-0.15, -0.1) is 0 Å². The van der Waals surface area contributed by atoms with Crippen LogP contribution in [0, 0.1) is 5.41 Å². The molecule has 0 bridgehead atoms. The largest absolute Gasteiger partial charge is 0.321 e. The van der Waals surface area contributed by atoms with Crippen molar-refractivity contribution in [3.05, 3.63) is 0 Å². The van der Waals surface area contributed by atoms with E-state index in [0.717, 1.165) is 26.3 Å². The molecule has 0 unspecified atom stereocenters. The third-order valence-electron chi connectivity index (χ3n) is 2.69. The van der Waals surface area contributed by atoms with Gasteiger partial charge in [-0.2, -0.15) is 0 Å². The van der Waals surface area contributed by atoms with E-state index in [2.05, 4.69) is 18.5 Å². The fourth-order valence-corrected chi connectivity index (χ4v) is 3.67. The Morgan fingerprint density at radius 2 is 1.57 bits per heavy atom. The lowest BCUT2D eigenvalue weighted by molar-refractivity contribution is 0.0427. The highest BCUT2D eigenvalue weighted by Gasteiger charge is 2.33. The molecule has 2 rings (SSSR count). The smallest absolute Gasteiger partial charge is 0.258 e. The lowest BCUT2D eigenvalue weighted by atomic mass is 9.97. The summed E-state index contributed by atoms with van der Waals surface area (Å²) in [5, 5.41) is 0. The summed E-state index contributed by atoms with van der Waals surface area (Å²) in [6.45, 7) is 8.38. The molecule has 0 aliphatic carbocycles. The summed E-state index contributed by atoms with van der Waals surface area (Å²) in [5.41, 5.74) is 0.203. The van der Waals surface area contributed by atoms with E-state index in [1.807, 2.05) is 0 Å². The molecule has 0 aromatic rings. The summed E-state index contributed by atoms with van der Waals surface area (Å²) in [7, 11) is -0.715. The molecule has 2 fully saturated rings. The van der Waals surface area contributed by atoms with Gasteiger partial charge >= 0.3 is 0 Å². The van der Waals surface area contributed by atoms with Crippen LogP contribution in [0.25, 0.3) is 0 Å². The first kappa shape index (κ1) is 10.8. The standard InChI is InChI=1S/C10H20NO2P/c1-10(2)8-12-14(13-9-10)11-6-4-3-5-7-11/h3-9H2,1-2H3. The second kappa shape index (κ2) is 4.44. The first-order chi connectivity index (χ1) is 6.67. The first-order valence-electron chi connectivity index (χ1n) is 5.48. The van der Waals surface area contributed by atoms with Crippen molar-refractivity contribution >= 4 is 8.53 Å². The summed E-state index contributed by atoms with van der Waals surface area (Å²) >= 11 is 0. The van der Waals surface area contributed by atoms with Gasteiger partial charge in [0, 0.05) is 18.5 Å². The molecule has 2 aliphatic heterocycles. The topological polar surface area (TPSA) is 21.7 Å². The normalized spacial score (nSPS) is 30.4. The van der Waals surface area contributed by atoms with Crippen LogP contribution in [0.2, 0.25) is 0 Å². The minimum Gasteiger partial charge on any atom is -0.321 e. The zero-order chi connectivity index (χ0) is 10.0. The maximum Gasteiger partial charge on any atom is 0.258 e. The first-order valence-corrected chi connectivity index (χ1v) is 6.61. The Hall–Kier alpha value is 0.310. The number of rotatable bonds is 1. The van der Waals surface area contributed by atoms with Crippen LogP contribution in [0.4, 0.5) is 0 Å². The minimum atomic E-state index is -0.715. The Morgan fingerprint density at radius 3 is 2.14 bits per heavy atom. The van der Waals surface area contributed by atoms with Gasteiger partial charge in [0.2, 0.25) is 0 Å². The zero-order valence-electron chi connectivity index (χ0n) is 9.16. The zero-order valence-corrected chi connectivity index (χ0v) is 10.1. The van der Waals surface area contributed by atoms with Crippen molar-refractivity contribution in [2.75, 3.05) is 26.3 Å². The minimum absolute atomic E-state index is 0.203. The molecule has 0 spiro atoms. The van der Waals surface area contributed by atoms with Crippen molar-refractivity contribution in [3.8, 4) is 0 Å². The highest BCUT2D eigenvalue weighted by atomic mass is 31.2. The van der Waals surface area contributed by atoms with E-state index in [-0.39, 0.29) is 5.41 Å². The Bertz CT molecular complexity index is 183. The van der Waals surface area contributed by atoms with E-state index < -0.39 is 8.53 Å². The third-order valence-corrected chi connectivity index (χ3v) is 4.26. The second-order valence-corrected chi connectivity index (χ2v) is 6.52. The molecule has 4 heteroatoms. The fraction of sp³-hybridized carbons (Fsp3) is 1.00. The molecule has 14 heavy (non-hydrogen) atoms. The quantitative estimate of drug-likeness (QED) is 0.630. The van der Waals surface area contributed by atoms with Crippen LogP contribution in [0.15, 0.2) is 0 Å². The van der Waals surface area contributed by atoms with Crippen LogP contribution in [0.5, 0.6) is 0 Å². The summed E-state index contributed by atoms with van der Waals surface area (Å²) in [5.74, 6) is 0. The molecule has 0 N–H and O–H groups in total. The molecular weight excluding hydrogens is 197 g/mol. The molecule has 0 radical (unpaired) electrons. The average molecular weight is 217 g/mol. The van der Waals surface area contributed by atoms with E-state index in [0.29, 0.717) is 0 Å². The van der Waals surface area contributed by atoms with E-state index in [1.54, 1.807) is 0 Å². The molecule has 2 heterocycles. The Balaban J connectivity index is 1.82. The average Bonchev–Trinajstić information content (AvgIpc) is 2.19. The van der Waals surface area contributed by atoms with Gasteiger partial charge in [0.1, 0.15) is 0 Å². The third kappa shape index (κ3) is 2.66. The van der Waals surface area contributed by atoms with Crippen LogP contribution in [0.1, 0.15) is 33.1 Å². The lowest BCUT2D eigenvalue weighted by Gasteiger charge is -2.39. The van der Waals surface area contributed by atoms with Crippen LogP contribution in [-0.4, -0.2) is 31.0 Å². The van der Waals surface area contributed by atoms with Gasteiger partial charge in [-0.25, -0.2) is 4.67 Å². The van der Waals surface area contributed by atoms with Gasteiger partial charge in [0.15, 0.2) is 0 Å². The van der Waals surface area contributed by atoms with Gasteiger partial charge in [0.25, 0.3) is 8.53 Å². The number of piperidine rings is 1. The second-order valence-electron chi connectivity index (χ2n) is 4.96. The van der Waals surface area contributed by atoms with Gasteiger partial charge in [-0.1, -0.05) is 20.3 Å². The van der Waals surface area contributed by atoms with Crippen molar-refractivity contribution in [3.63, 3.8) is 0 Å². The van der Waals surface area contributed by atoms with E-state index in [1.165, 1.54) is 19.3 Å². The van der Waals surface area contributed by atoms with Crippen LogP contribution < -0.4 is 0 Å². The van der Waals surface area contributed by atoms with Crippen molar-refractivity contribution in [1.82, 2.24) is 4.67 Å². The summed E-state index contributed by atoms with van der Waals surface area (Å²) < 4.78 is 14.0. The van der Waals surface area contributed by atoms with Crippen molar-refractivity contribution < 1.29 is 9.05 Å². The SMILES string of the molecule is CC1(C)COP(N2CCCCC2)OC1.